The number of primary amides is 1. The Hall–Kier alpha value is -1.95. The Balaban J connectivity index is 1.85. The quantitative estimate of drug-likeness (QED) is 0.787. The van der Waals surface area contributed by atoms with Gasteiger partial charge in [0.25, 0.3) is 11.8 Å². The molecule has 2 saturated carbocycles. The molecule has 0 bridgehead atoms. The van der Waals surface area contributed by atoms with Crippen LogP contribution in [0.5, 0.6) is 11.5 Å². The molecule has 0 spiro atoms. The number of nitrogens with zero attached hydrogens (tertiary/aromatic N) is 1. The molecule has 0 saturated heterocycles. The van der Waals surface area contributed by atoms with Crippen molar-refractivity contribution in [3.8, 4) is 11.5 Å². The molecule has 7 heteroatoms. The first kappa shape index (κ1) is 18.8. The zero-order valence-corrected chi connectivity index (χ0v) is 15.8. The van der Waals surface area contributed by atoms with Crippen molar-refractivity contribution in [1.82, 2.24) is 4.90 Å². The fourth-order valence-corrected chi connectivity index (χ4v) is 3.88. The first-order chi connectivity index (χ1) is 12.5. The Labute approximate surface area is 158 Å². The Bertz CT molecular complexity index is 684. The molecule has 0 radical (unpaired) electrons. The molecular weight excluding hydrogens is 356 g/mol. The second-order valence-electron chi connectivity index (χ2n) is 6.98. The Morgan fingerprint density at radius 1 is 1.15 bits per heavy atom. The highest BCUT2D eigenvalue weighted by atomic mass is 35.5. The summed E-state index contributed by atoms with van der Waals surface area (Å²) in [5.41, 5.74) is 5.60. The predicted octanol–water partition coefficient (Wildman–Crippen LogP) is 3.15. The zero-order chi connectivity index (χ0) is 18.7. The predicted molar refractivity (Wildman–Crippen MR) is 98.8 cm³/mol. The number of hydrogen-bond donors (Lipinski definition) is 1. The third kappa shape index (κ3) is 4.23. The molecule has 0 heterocycles. The maximum Gasteiger partial charge on any atom is 0.255 e. The minimum atomic E-state index is -0.611. The van der Waals surface area contributed by atoms with E-state index in [0.717, 1.165) is 25.7 Å². The van der Waals surface area contributed by atoms with E-state index in [-0.39, 0.29) is 23.3 Å². The average Bonchev–Trinajstić information content (AvgIpc) is 3.45. The fourth-order valence-electron chi connectivity index (χ4n) is 3.62. The van der Waals surface area contributed by atoms with Crippen molar-refractivity contribution in [2.24, 2.45) is 5.73 Å². The van der Waals surface area contributed by atoms with Crippen LogP contribution in [0.2, 0.25) is 5.02 Å². The van der Waals surface area contributed by atoms with Gasteiger partial charge in [-0.15, -0.1) is 0 Å². The highest BCUT2D eigenvalue weighted by Crippen LogP contribution is 2.39. The molecule has 3 rings (SSSR count). The third-order valence-corrected chi connectivity index (χ3v) is 5.26. The van der Waals surface area contributed by atoms with Gasteiger partial charge in [-0.3, -0.25) is 9.59 Å². The fraction of sp³-hybridized carbons (Fsp3) is 0.579. The number of ether oxygens (including phenoxy) is 2. The van der Waals surface area contributed by atoms with Crippen LogP contribution in [0.4, 0.5) is 0 Å². The van der Waals surface area contributed by atoms with Crippen LogP contribution in [0, 0.1) is 0 Å². The summed E-state index contributed by atoms with van der Waals surface area (Å²) >= 11 is 6.30. The maximum atomic E-state index is 13.2. The van der Waals surface area contributed by atoms with E-state index in [1.807, 2.05) is 4.90 Å². The molecule has 2 aliphatic carbocycles. The molecule has 26 heavy (non-hydrogen) atoms. The van der Waals surface area contributed by atoms with Crippen molar-refractivity contribution in [1.29, 1.82) is 0 Å². The van der Waals surface area contributed by atoms with Crippen LogP contribution in [0.15, 0.2) is 12.1 Å². The first-order valence-corrected chi connectivity index (χ1v) is 9.50. The van der Waals surface area contributed by atoms with Crippen LogP contribution >= 0.6 is 11.6 Å². The lowest BCUT2D eigenvalue weighted by Crippen LogP contribution is -2.43. The Kier molecular flexibility index (Phi) is 5.91. The summed E-state index contributed by atoms with van der Waals surface area (Å²) in [6.07, 6.45) is 7.84. The summed E-state index contributed by atoms with van der Waals surface area (Å²) in [7, 11) is 1.47. The van der Waals surface area contributed by atoms with Crippen LogP contribution < -0.4 is 15.2 Å². The van der Waals surface area contributed by atoms with E-state index in [1.54, 1.807) is 12.1 Å². The van der Waals surface area contributed by atoms with Gasteiger partial charge in [0.05, 0.1) is 12.1 Å². The highest BCUT2D eigenvalue weighted by Gasteiger charge is 2.38. The van der Waals surface area contributed by atoms with Crippen molar-refractivity contribution in [2.45, 2.75) is 57.0 Å². The van der Waals surface area contributed by atoms with Gasteiger partial charge in [-0.2, -0.15) is 0 Å². The molecule has 0 unspecified atom stereocenters. The normalized spacial score (nSPS) is 17.6. The SMILES string of the molecule is COc1cc(C(=O)N(C2CCCCC2)C2CC2)cc(Cl)c1OCC(N)=O. The number of amides is 2. The third-order valence-electron chi connectivity index (χ3n) is 4.98. The second-order valence-corrected chi connectivity index (χ2v) is 7.39. The lowest BCUT2D eigenvalue weighted by atomic mass is 9.93. The van der Waals surface area contributed by atoms with E-state index < -0.39 is 5.91 Å². The zero-order valence-electron chi connectivity index (χ0n) is 15.0. The monoisotopic (exact) mass is 380 g/mol. The summed E-state index contributed by atoms with van der Waals surface area (Å²) in [5.74, 6) is -0.0804. The van der Waals surface area contributed by atoms with Gasteiger partial charge in [0.2, 0.25) is 0 Å². The Morgan fingerprint density at radius 2 is 1.81 bits per heavy atom. The first-order valence-electron chi connectivity index (χ1n) is 9.12. The van der Waals surface area contributed by atoms with Gasteiger partial charge in [0, 0.05) is 17.6 Å². The molecule has 2 aliphatic rings. The van der Waals surface area contributed by atoms with Gasteiger partial charge >= 0.3 is 0 Å². The van der Waals surface area contributed by atoms with Crippen LogP contribution in [0.25, 0.3) is 0 Å². The molecular formula is C19H25ClN2O4. The number of benzene rings is 1. The van der Waals surface area contributed by atoms with Gasteiger partial charge in [0.1, 0.15) is 0 Å². The number of hydrogen-bond acceptors (Lipinski definition) is 4. The Morgan fingerprint density at radius 3 is 2.38 bits per heavy atom. The number of carbonyl (C=O) groups excluding carboxylic acids is 2. The van der Waals surface area contributed by atoms with E-state index in [4.69, 9.17) is 26.8 Å². The summed E-state index contributed by atoms with van der Waals surface area (Å²) in [5, 5.41) is 0.230. The van der Waals surface area contributed by atoms with Gasteiger partial charge in [0.15, 0.2) is 18.1 Å². The molecule has 2 N–H and O–H groups in total. The molecule has 0 aromatic heterocycles. The molecule has 0 atom stereocenters. The molecule has 6 nitrogen and oxygen atoms in total. The van der Waals surface area contributed by atoms with Crippen molar-refractivity contribution in [2.75, 3.05) is 13.7 Å². The van der Waals surface area contributed by atoms with Crippen LogP contribution in [0.3, 0.4) is 0 Å². The van der Waals surface area contributed by atoms with E-state index in [1.165, 1.54) is 26.4 Å². The lowest BCUT2D eigenvalue weighted by Gasteiger charge is -2.35. The number of rotatable bonds is 7. The van der Waals surface area contributed by atoms with E-state index in [9.17, 15) is 9.59 Å². The molecule has 1 aromatic rings. The van der Waals surface area contributed by atoms with Crippen LogP contribution in [-0.2, 0) is 4.79 Å². The molecule has 2 fully saturated rings. The maximum absolute atomic E-state index is 13.2. The van der Waals surface area contributed by atoms with E-state index in [2.05, 4.69) is 0 Å². The molecule has 0 aliphatic heterocycles. The van der Waals surface area contributed by atoms with Crippen molar-refractivity contribution in [3.63, 3.8) is 0 Å². The van der Waals surface area contributed by atoms with Crippen molar-refractivity contribution in [3.05, 3.63) is 22.7 Å². The standard InChI is InChI=1S/C19H25ClN2O4/c1-25-16-10-12(9-15(20)18(16)26-11-17(21)23)19(24)22(14-7-8-14)13-5-3-2-4-6-13/h9-10,13-14H,2-8,11H2,1H3,(H2,21,23). The topological polar surface area (TPSA) is 81.9 Å². The van der Waals surface area contributed by atoms with E-state index >= 15 is 0 Å². The number of methoxy groups -OCH3 is 1. The van der Waals surface area contributed by atoms with Gasteiger partial charge in [-0.25, -0.2) is 0 Å². The van der Waals surface area contributed by atoms with E-state index in [0.29, 0.717) is 23.4 Å². The summed E-state index contributed by atoms with van der Waals surface area (Å²) in [4.78, 5) is 26.2. The van der Waals surface area contributed by atoms with Crippen LogP contribution in [0.1, 0.15) is 55.3 Å². The molecule has 1 aromatic carbocycles. The van der Waals surface area contributed by atoms with Gasteiger partial charge in [-0.1, -0.05) is 30.9 Å². The molecule has 2 amide bonds. The lowest BCUT2D eigenvalue weighted by molar-refractivity contribution is -0.119. The number of nitrogens with two attached hydrogens (primary N) is 1. The average molecular weight is 381 g/mol. The van der Waals surface area contributed by atoms with Gasteiger partial charge < -0.3 is 20.1 Å². The minimum absolute atomic E-state index is 0.0129. The minimum Gasteiger partial charge on any atom is -0.493 e. The van der Waals surface area contributed by atoms with Crippen molar-refractivity contribution < 1.29 is 19.1 Å². The second kappa shape index (κ2) is 8.16. The summed E-state index contributed by atoms with van der Waals surface area (Å²) < 4.78 is 10.7. The summed E-state index contributed by atoms with van der Waals surface area (Å²) in [6.45, 7) is -0.306. The number of carbonyl (C=O) groups is 2. The number of halogens is 1. The smallest absolute Gasteiger partial charge is 0.255 e. The van der Waals surface area contributed by atoms with Crippen LogP contribution in [-0.4, -0.2) is 42.5 Å². The highest BCUT2D eigenvalue weighted by molar-refractivity contribution is 6.32. The molecule has 142 valence electrons. The van der Waals surface area contributed by atoms with Crippen molar-refractivity contribution >= 4 is 23.4 Å². The van der Waals surface area contributed by atoms with Gasteiger partial charge in [-0.05, 0) is 37.8 Å². The largest absolute Gasteiger partial charge is 0.493 e. The summed E-state index contributed by atoms with van der Waals surface area (Å²) in [6, 6.07) is 3.85.